The van der Waals surface area contributed by atoms with Crippen LogP contribution in [0.3, 0.4) is 0 Å². The van der Waals surface area contributed by atoms with Crippen molar-refractivity contribution in [2.24, 2.45) is 20.5 Å². The van der Waals surface area contributed by atoms with E-state index in [2.05, 4.69) is 62.0 Å². The van der Waals surface area contributed by atoms with Gasteiger partial charge in [-0.15, -0.1) is 20.5 Å². The van der Waals surface area contributed by atoms with E-state index in [1.807, 2.05) is 12.1 Å². The lowest BCUT2D eigenvalue weighted by atomic mass is 9.77. The molecule has 0 unspecified atom stereocenters. The van der Waals surface area contributed by atoms with Crippen molar-refractivity contribution in [2.75, 3.05) is 0 Å². The van der Waals surface area contributed by atoms with Gasteiger partial charge in [-0.05, 0) is 71.2 Å². The molecule has 0 aromatic heterocycles. The highest BCUT2D eigenvalue weighted by Gasteiger charge is 2.28. The molecule has 0 heterocycles. The highest BCUT2D eigenvalue weighted by atomic mass is 16.6. The molecule has 0 amide bonds. The van der Waals surface area contributed by atoms with Crippen LogP contribution >= 0.6 is 0 Å². The van der Waals surface area contributed by atoms with Gasteiger partial charge in [0.1, 0.15) is 11.4 Å². The van der Waals surface area contributed by atoms with Gasteiger partial charge in [-0.1, -0.05) is 104 Å². The summed E-state index contributed by atoms with van der Waals surface area (Å²) in [5, 5.41) is 64.1. The third-order valence-corrected chi connectivity index (χ3v) is 9.53. The van der Waals surface area contributed by atoms with Crippen LogP contribution in [0.15, 0.2) is 93.3 Å². The molecule has 4 aromatic carbocycles. The molecular formula is C40H48N6O6. The van der Waals surface area contributed by atoms with Gasteiger partial charge in [-0.25, -0.2) is 0 Å². The first-order valence-electron chi connectivity index (χ1n) is 17.8. The molecule has 0 bridgehead atoms. The zero-order valence-corrected chi connectivity index (χ0v) is 30.8. The molecule has 274 valence electrons. The molecule has 12 heteroatoms. The molecule has 4 aromatic rings. The van der Waals surface area contributed by atoms with Crippen molar-refractivity contribution in [3.8, 4) is 22.6 Å². The Morgan fingerprint density at radius 1 is 0.558 bits per heavy atom. The van der Waals surface area contributed by atoms with Gasteiger partial charge < -0.3 is 10.2 Å². The molecule has 0 spiro atoms. The number of phenolic OH excluding ortho intramolecular Hbond substituents is 2. The van der Waals surface area contributed by atoms with E-state index in [1.54, 1.807) is 24.3 Å². The van der Waals surface area contributed by atoms with Crippen LogP contribution in [-0.2, 0) is 10.8 Å². The van der Waals surface area contributed by atoms with Crippen LogP contribution in [0.1, 0.15) is 104 Å². The van der Waals surface area contributed by atoms with Crippen LogP contribution in [0.2, 0.25) is 0 Å². The molecule has 0 aliphatic carbocycles. The number of phenols is 2. The van der Waals surface area contributed by atoms with Crippen molar-refractivity contribution < 1.29 is 20.1 Å². The SMILES string of the molecule is CCCCCC(C)(C)c1cc(N=Nc2ccccc2[N+](=O)[O-])c(O)c(-c2cc(C(C)(C)CCCCC)cc(N=Nc3ccccc3[N+](=O)[O-])c2O)c1. The van der Waals surface area contributed by atoms with E-state index in [1.165, 1.54) is 36.4 Å². The summed E-state index contributed by atoms with van der Waals surface area (Å²) in [7, 11) is 0. The summed E-state index contributed by atoms with van der Waals surface area (Å²) in [5.41, 5.74) is 1.14. The summed E-state index contributed by atoms with van der Waals surface area (Å²) in [6.07, 6.45) is 7.78. The molecule has 0 aliphatic rings. The van der Waals surface area contributed by atoms with Gasteiger partial charge in [0.25, 0.3) is 11.4 Å². The van der Waals surface area contributed by atoms with Gasteiger partial charge in [0.2, 0.25) is 0 Å². The average molecular weight is 709 g/mol. The molecule has 0 fully saturated rings. The molecule has 52 heavy (non-hydrogen) atoms. The van der Waals surface area contributed by atoms with Crippen molar-refractivity contribution in [3.63, 3.8) is 0 Å². The fourth-order valence-electron chi connectivity index (χ4n) is 6.13. The number of azo groups is 2. The van der Waals surface area contributed by atoms with E-state index in [0.29, 0.717) is 0 Å². The first-order valence-corrected chi connectivity index (χ1v) is 17.8. The van der Waals surface area contributed by atoms with Crippen molar-refractivity contribution in [3.05, 3.63) is 104 Å². The molecule has 0 saturated heterocycles. The molecule has 4 rings (SSSR count). The Morgan fingerprint density at radius 2 is 0.904 bits per heavy atom. The number of aromatic hydroxyl groups is 2. The quantitative estimate of drug-likeness (QED) is 0.0477. The molecule has 2 N–H and O–H groups in total. The second kappa shape index (κ2) is 17.1. The van der Waals surface area contributed by atoms with Crippen LogP contribution in [-0.4, -0.2) is 20.1 Å². The van der Waals surface area contributed by atoms with E-state index >= 15 is 0 Å². The minimum absolute atomic E-state index is 0.0254. The van der Waals surface area contributed by atoms with E-state index in [-0.39, 0.29) is 67.6 Å². The number of nitrogens with zero attached hydrogens (tertiary/aromatic N) is 6. The first-order chi connectivity index (χ1) is 24.7. The van der Waals surface area contributed by atoms with Gasteiger partial charge in [0.05, 0.1) is 9.85 Å². The Morgan fingerprint density at radius 3 is 1.25 bits per heavy atom. The molecule has 12 nitrogen and oxygen atoms in total. The van der Waals surface area contributed by atoms with Gasteiger partial charge >= 0.3 is 0 Å². The lowest BCUT2D eigenvalue weighted by Crippen LogP contribution is -2.18. The summed E-state index contributed by atoms with van der Waals surface area (Å²) in [4.78, 5) is 22.3. The number of hydrogen-bond donors (Lipinski definition) is 2. The molecule has 0 radical (unpaired) electrons. The van der Waals surface area contributed by atoms with Crippen LogP contribution in [0.5, 0.6) is 11.5 Å². The highest BCUT2D eigenvalue weighted by molar-refractivity contribution is 5.85. The Balaban J connectivity index is 1.99. The fourth-order valence-corrected chi connectivity index (χ4v) is 6.13. The smallest absolute Gasteiger partial charge is 0.296 e. The standard InChI is InChI=1S/C40H48N6O6/c1-7-9-15-21-39(3,4)27-23-29(37(47)33(25-27)43-41-31-17-11-13-19-35(31)45(49)50)30-24-28(40(5,6)22-16-10-8-2)26-34(38(30)48)44-42-32-18-12-14-20-36(32)46(51)52/h11-14,17-20,23-26,47-48H,7-10,15-16,21-22H2,1-6H3. The summed E-state index contributed by atoms with van der Waals surface area (Å²) < 4.78 is 0. The zero-order valence-electron chi connectivity index (χ0n) is 30.8. The van der Waals surface area contributed by atoms with Crippen molar-refractivity contribution in [1.82, 2.24) is 0 Å². The maximum absolute atomic E-state index is 11.9. The number of unbranched alkanes of at least 4 members (excludes halogenated alkanes) is 4. The van der Waals surface area contributed by atoms with Crippen LogP contribution < -0.4 is 0 Å². The monoisotopic (exact) mass is 708 g/mol. The second-order valence-electron chi connectivity index (χ2n) is 14.4. The number of para-hydroxylation sites is 2. The van der Waals surface area contributed by atoms with Gasteiger partial charge in [-0.2, -0.15) is 0 Å². The van der Waals surface area contributed by atoms with Gasteiger partial charge in [0.15, 0.2) is 22.9 Å². The number of hydrogen-bond acceptors (Lipinski definition) is 10. The van der Waals surface area contributed by atoms with Crippen molar-refractivity contribution in [2.45, 2.75) is 104 Å². The Labute approximate surface area is 304 Å². The molecule has 0 saturated carbocycles. The Bertz CT molecular complexity index is 1830. The van der Waals surface area contributed by atoms with E-state index in [9.17, 15) is 30.4 Å². The topological polar surface area (TPSA) is 176 Å². The maximum atomic E-state index is 11.9. The zero-order chi connectivity index (χ0) is 38.1. The van der Waals surface area contributed by atoms with Gasteiger partial charge in [0, 0.05) is 23.3 Å². The Hall–Kier alpha value is -5.52. The third-order valence-electron chi connectivity index (χ3n) is 9.53. The number of nitro groups is 2. The lowest BCUT2D eigenvalue weighted by Gasteiger charge is -2.28. The largest absolute Gasteiger partial charge is 0.505 e. The van der Waals surface area contributed by atoms with Crippen molar-refractivity contribution in [1.29, 1.82) is 0 Å². The van der Waals surface area contributed by atoms with Crippen LogP contribution in [0.25, 0.3) is 11.1 Å². The average Bonchev–Trinajstić information content (AvgIpc) is 3.11. The molecule has 0 aliphatic heterocycles. The number of nitro benzene ring substituents is 2. The minimum Gasteiger partial charge on any atom is -0.505 e. The predicted molar refractivity (Wildman–Crippen MR) is 204 cm³/mol. The first kappa shape index (κ1) is 39.3. The highest BCUT2D eigenvalue weighted by Crippen LogP contribution is 2.50. The van der Waals surface area contributed by atoms with E-state index in [0.717, 1.165) is 62.5 Å². The number of rotatable bonds is 17. The normalized spacial score (nSPS) is 12.2. The predicted octanol–water partition coefficient (Wildman–Crippen LogP) is 13.1. The third kappa shape index (κ3) is 9.42. The Kier molecular flexibility index (Phi) is 12.9. The summed E-state index contributed by atoms with van der Waals surface area (Å²) in [6, 6.07) is 19.0. The summed E-state index contributed by atoms with van der Waals surface area (Å²) >= 11 is 0. The van der Waals surface area contributed by atoms with E-state index < -0.39 is 9.85 Å². The maximum Gasteiger partial charge on any atom is 0.296 e. The molecular weight excluding hydrogens is 660 g/mol. The van der Waals surface area contributed by atoms with Crippen LogP contribution in [0, 0.1) is 20.2 Å². The van der Waals surface area contributed by atoms with Crippen molar-refractivity contribution >= 4 is 34.1 Å². The summed E-state index contributed by atoms with van der Waals surface area (Å²) in [6.45, 7) is 12.7. The minimum atomic E-state index is -0.543. The summed E-state index contributed by atoms with van der Waals surface area (Å²) in [5.74, 6) is -0.568. The fraction of sp³-hybridized carbons (Fsp3) is 0.400. The second-order valence-corrected chi connectivity index (χ2v) is 14.4. The van der Waals surface area contributed by atoms with E-state index in [4.69, 9.17) is 0 Å². The van der Waals surface area contributed by atoms with Gasteiger partial charge in [-0.3, -0.25) is 20.2 Å². The number of benzene rings is 4. The lowest BCUT2D eigenvalue weighted by molar-refractivity contribution is -0.384. The molecule has 0 atom stereocenters. The van der Waals surface area contributed by atoms with Crippen LogP contribution in [0.4, 0.5) is 34.1 Å².